The lowest BCUT2D eigenvalue weighted by molar-refractivity contribution is -0.445. The van der Waals surface area contributed by atoms with E-state index in [0.717, 1.165) is 0 Å². The average Bonchev–Trinajstić information content (AvgIpc) is 2.87. The van der Waals surface area contributed by atoms with Gasteiger partial charge in [-0.05, 0) is 29.3 Å². The van der Waals surface area contributed by atoms with Crippen molar-refractivity contribution >= 4 is 24.5 Å². The van der Waals surface area contributed by atoms with Crippen molar-refractivity contribution < 1.29 is 23.4 Å². The largest absolute Gasteiger partial charge is 0.407 e. The highest BCUT2D eigenvalue weighted by Gasteiger charge is 2.60. The van der Waals surface area contributed by atoms with Crippen LogP contribution in [-0.2, 0) is 23.4 Å². The molecular weight excluding hydrogens is 472 g/mol. The van der Waals surface area contributed by atoms with E-state index in [0.29, 0.717) is 19.0 Å². The van der Waals surface area contributed by atoms with Crippen LogP contribution < -0.4 is 16.1 Å². The quantitative estimate of drug-likeness (QED) is 0.574. The van der Waals surface area contributed by atoms with E-state index in [1.54, 1.807) is 21.1 Å². The fourth-order valence-corrected chi connectivity index (χ4v) is 10.1. The summed E-state index contributed by atoms with van der Waals surface area (Å²) in [5.74, 6) is -1.96. The highest BCUT2D eigenvalue weighted by atomic mass is 28.4. The molecule has 5 atom stereocenters. The van der Waals surface area contributed by atoms with Gasteiger partial charge >= 0.3 is 0 Å². The molecule has 0 spiro atoms. The summed E-state index contributed by atoms with van der Waals surface area (Å²) in [6, 6.07) is 21.2. The molecular formula is C28H40N2O5Si. The van der Waals surface area contributed by atoms with Crippen LogP contribution in [0.5, 0.6) is 0 Å². The summed E-state index contributed by atoms with van der Waals surface area (Å²) >= 11 is 0. The van der Waals surface area contributed by atoms with Crippen molar-refractivity contribution in [3.8, 4) is 0 Å². The highest BCUT2D eigenvalue weighted by molar-refractivity contribution is 6.99. The van der Waals surface area contributed by atoms with Gasteiger partial charge < -0.3 is 29.1 Å². The SMILES string of the molecule is CO[C@@]1(C)O[C@@H]2[C@@H](CO[Si](c3ccccc3)(c3ccccc3)C(C)(C)C)CN=C(N)[C@H]2O[C@]1(C)OC. The molecule has 8 heteroatoms. The molecule has 0 unspecified atom stereocenters. The normalized spacial score (nSPS) is 31.0. The lowest BCUT2D eigenvalue weighted by atomic mass is 9.91. The minimum absolute atomic E-state index is 0.0835. The number of aliphatic imine (C=N–C) groups is 1. The molecule has 196 valence electrons. The molecule has 0 radical (unpaired) electrons. The second kappa shape index (κ2) is 10.0. The van der Waals surface area contributed by atoms with Crippen molar-refractivity contribution in [2.24, 2.45) is 16.6 Å². The van der Waals surface area contributed by atoms with E-state index in [1.807, 2.05) is 19.1 Å². The second-order valence-electron chi connectivity index (χ2n) is 10.9. The Morgan fingerprint density at radius 1 is 0.917 bits per heavy atom. The molecule has 0 amide bonds. The first-order valence-corrected chi connectivity index (χ1v) is 14.4. The molecule has 2 aliphatic rings. The molecule has 2 aliphatic heterocycles. The molecule has 2 N–H and O–H groups in total. The van der Waals surface area contributed by atoms with Gasteiger partial charge in [-0.2, -0.15) is 0 Å². The van der Waals surface area contributed by atoms with E-state index in [9.17, 15) is 0 Å². The number of nitrogens with two attached hydrogens (primary N) is 1. The molecule has 0 bridgehead atoms. The molecule has 7 nitrogen and oxygen atoms in total. The van der Waals surface area contributed by atoms with Crippen molar-refractivity contribution in [1.82, 2.24) is 0 Å². The third-order valence-corrected chi connectivity index (χ3v) is 12.8. The van der Waals surface area contributed by atoms with Gasteiger partial charge in [-0.15, -0.1) is 0 Å². The van der Waals surface area contributed by atoms with Gasteiger partial charge in [0.1, 0.15) is 18.0 Å². The van der Waals surface area contributed by atoms with E-state index < -0.39 is 32.1 Å². The maximum Gasteiger partial charge on any atom is 0.261 e. The van der Waals surface area contributed by atoms with E-state index in [2.05, 4.69) is 74.3 Å². The topological polar surface area (TPSA) is 84.5 Å². The maximum absolute atomic E-state index is 7.19. The van der Waals surface area contributed by atoms with Crippen molar-refractivity contribution in [3.05, 3.63) is 60.7 Å². The number of benzene rings is 2. The van der Waals surface area contributed by atoms with Crippen molar-refractivity contribution in [2.45, 2.75) is 63.4 Å². The number of methoxy groups -OCH3 is 2. The molecule has 2 heterocycles. The van der Waals surface area contributed by atoms with Gasteiger partial charge in [-0.1, -0.05) is 81.4 Å². The minimum Gasteiger partial charge on any atom is -0.407 e. The van der Waals surface area contributed by atoms with Gasteiger partial charge in [0.05, 0.1) is 0 Å². The Morgan fingerprint density at radius 2 is 1.42 bits per heavy atom. The lowest BCUT2D eigenvalue weighted by Crippen LogP contribution is -2.71. The summed E-state index contributed by atoms with van der Waals surface area (Å²) in [7, 11) is 0.444. The molecule has 0 aliphatic carbocycles. The number of fused-ring (bicyclic) bond motifs is 1. The Morgan fingerprint density at radius 3 is 1.89 bits per heavy atom. The van der Waals surface area contributed by atoms with Gasteiger partial charge in [-0.25, -0.2) is 0 Å². The van der Waals surface area contributed by atoms with E-state index in [4.69, 9.17) is 29.1 Å². The molecule has 2 aromatic carbocycles. The van der Waals surface area contributed by atoms with Gasteiger partial charge in [0.2, 0.25) is 11.6 Å². The van der Waals surface area contributed by atoms with Crippen LogP contribution in [0, 0.1) is 5.92 Å². The average molecular weight is 513 g/mol. The third kappa shape index (κ3) is 4.44. The molecule has 1 saturated heterocycles. The fourth-order valence-electron chi connectivity index (χ4n) is 5.44. The Hall–Kier alpha value is -2.07. The van der Waals surface area contributed by atoms with Crippen molar-refractivity contribution in [3.63, 3.8) is 0 Å². The Labute approximate surface area is 216 Å². The smallest absolute Gasteiger partial charge is 0.261 e. The Kier molecular flexibility index (Phi) is 7.49. The monoisotopic (exact) mass is 512 g/mol. The number of hydrogen-bond acceptors (Lipinski definition) is 7. The van der Waals surface area contributed by atoms with Crippen LogP contribution in [-0.4, -0.2) is 65.3 Å². The first-order chi connectivity index (χ1) is 17.0. The van der Waals surface area contributed by atoms with Crippen LogP contribution in [0.3, 0.4) is 0 Å². The van der Waals surface area contributed by atoms with E-state index in [1.165, 1.54) is 10.4 Å². The number of ether oxygens (including phenoxy) is 4. The summed E-state index contributed by atoms with van der Waals surface area (Å²) in [6.45, 7) is 11.4. The zero-order valence-electron chi connectivity index (χ0n) is 22.5. The Bertz CT molecular complexity index is 1020. The summed E-state index contributed by atoms with van der Waals surface area (Å²) < 4.78 is 31.6. The Balaban J connectivity index is 1.72. The highest BCUT2D eigenvalue weighted by Crippen LogP contribution is 2.43. The lowest BCUT2D eigenvalue weighted by Gasteiger charge is -2.54. The third-order valence-electron chi connectivity index (χ3n) is 7.81. The molecule has 0 aromatic heterocycles. The predicted molar refractivity (Wildman–Crippen MR) is 144 cm³/mol. The van der Waals surface area contributed by atoms with Crippen LogP contribution in [0.2, 0.25) is 5.04 Å². The molecule has 36 heavy (non-hydrogen) atoms. The molecule has 4 rings (SSSR count). The molecule has 0 saturated carbocycles. The van der Waals surface area contributed by atoms with Crippen LogP contribution in [0.25, 0.3) is 0 Å². The van der Waals surface area contributed by atoms with Crippen LogP contribution in [0.15, 0.2) is 65.7 Å². The van der Waals surface area contributed by atoms with E-state index in [-0.39, 0.29) is 11.0 Å². The fraction of sp³-hybridized carbons (Fsp3) is 0.536. The summed E-state index contributed by atoms with van der Waals surface area (Å²) in [5.41, 5.74) is 6.31. The van der Waals surface area contributed by atoms with E-state index >= 15 is 0 Å². The summed E-state index contributed by atoms with van der Waals surface area (Å²) in [6.07, 6.45) is -0.950. The zero-order chi connectivity index (χ0) is 26.2. The van der Waals surface area contributed by atoms with Gasteiger partial charge in [0, 0.05) is 33.3 Å². The first kappa shape index (κ1) is 27.0. The van der Waals surface area contributed by atoms with Crippen molar-refractivity contribution in [2.75, 3.05) is 27.4 Å². The van der Waals surface area contributed by atoms with Crippen molar-refractivity contribution in [1.29, 1.82) is 0 Å². The minimum atomic E-state index is -2.72. The van der Waals surface area contributed by atoms with Gasteiger partial charge in [0.25, 0.3) is 8.32 Å². The maximum atomic E-state index is 7.19. The molecule has 2 aromatic rings. The summed E-state index contributed by atoms with van der Waals surface area (Å²) in [5, 5.41) is 2.33. The zero-order valence-corrected chi connectivity index (χ0v) is 23.5. The van der Waals surface area contributed by atoms with Gasteiger partial charge in [-0.3, -0.25) is 4.99 Å². The number of rotatable bonds is 7. The molecule has 1 fully saturated rings. The predicted octanol–water partition coefficient (Wildman–Crippen LogP) is 3.06. The number of amidine groups is 1. The van der Waals surface area contributed by atoms with Crippen LogP contribution >= 0.6 is 0 Å². The standard InChI is InChI=1S/C28H40N2O5Si/c1-26(2,3)36(21-14-10-8-11-15-21,22-16-12-9-13-17-22)33-19-20-18-30-25(29)24-23(20)34-27(4,31-6)28(5,32-7)35-24/h8-17,20,23-24H,18-19H2,1-7H3,(H2,29,30)/t20-,23-,24+,27+,28+/m1/s1. The summed E-state index contributed by atoms with van der Waals surface area (Å²) in [4.78, 5) is 4.61. The second-order valence-corrected chi connectivity index (χ2v) is 15.2. The number of hydrogen-bond donors (Lipinski definition) is 1. The van der Waals surface area contributed by atoms with Gasteiger partial charge in [0.15, 0.2) is 0 Å². The first-order valence-electron chi connectivity index (χ1n) is 12.5. The number of nitrogens with zero attached hydrogens (tertiary/aromatic N) is 1. The van der Waals surface area contributed by atoms with Crippen LogP contribution in [0.4, 0.5) is 0 Å². The van der Waals surface area contributed by atoms with Crippen LogP contribution in [0.1, 0.15) is 34.6 Å².